The highest BCUT2D eigenvalue weighted by Gasteiger charge is 2.40. The topological polar surface area (TPSA) is 112 Å². The Morgan fingerprint density at radius 3 is 1.78 bits per heavy atom. The number of carboxylic acid groups (broad SMARTS) is 1. The predicted molar refractivity (Wildman–Crippen MR) is 57.2 cm³/mol. The summed E-state index contributed by atoms with van der Waals surface area (Å²) in [6, 6.07) is 4.40. The summed E-state index contributed by atoms with van der Waals surface area (Å²) in [5.41, 5.74) is -0.579. The molecule has 1 aromatic carbocycles. The molecule has 0 unspecified atom stereocenters. The Hall–Kier alpha value is -1.29. The molecule has 18 heavy (non-hydrogen) atoms. The fourth-order valence-electron chi connectivity index (χ4n) is 0.783. The lowest BCUT2D eigenvalue weighted by Crippen LogP contribution is -2.25. The van der Waals surface area contributed by atoms with E-state index in [-0.39, 0.29) is 5.02 Å². The second-order valence-corrected chi connectivity index (χ2v) is 4.17. The van der Waals surface area contributed by atoms with E-state index >= 15 is 0 Å². The lowest BCUT2D eigenvalue weighted by Gasteiger charge is -2.10. The number of benzene rings is 1. The van der Waals surface area contributed by atoms with Gasteiger partial charge in [0.2, 0.25) is 0 Å². The Bertz CT molecular complexity index is 505. The van der Waals surface area contributed by atoms with Gasteiger partial charge in [0.25, 0.3) is 0 Å². The molecule has 0 aromatic heterocycles. The Morgan fingerprint density at radius 2 is 1.50 bits per heavy atom. The summed E-state index contributed by atoms with van der Waals surface area (Å²) in [6.07, 6.45) is 0. The van der Waals surface area contributed by atoms with Crippen LogP contribution < -0.4 is 0 Å². The van der Waals surface area contributed by atoms with Crippen molar-refractivity contribution in [3.63, 3.8) is 0 Å². The molecule has 0 amide bonds. The van der Waals surface area contributed by atoms with E-state index in [1.54, 1.807) is 0 Å². The summed E-state index contributed by atoms with van der Waals surface area (Å²) < 4.78 is 57.1. The van der Waals surface area contributed by atoms with Gasteiger partial charge in [-0.1, -0.05) is 23.7 Å². The van der Waals surface area contributed by atoms with Gasteiger partial charge in [-0.15, -0.1) is 0 Å². The minimum Gasteiger partial charge on any atom is -0.477 e. The molecule has 0 saturated carbocycles. The van der Waals surface area contributed by atoms with Gasteiger partial charge in [0, 0.05) is 10.6 Å². The van der Waals surface area contributed by atoms with Crippen LogP contribution in [0.1, 0.15) is 5.56 Å². The van der Waals surface area contributed by atoms with Crippen LogP contribution in [-0.2, 0) is 21.1 Å². The number of carbonyl (C=O) groups is 1. The summed E-state index contributed by atoms with van der Waals surface area (Å²) in [6.45, 7) is 0. The van der Waals surface area contributed by atoms with E-state index < -0.39 is 27.9 Å². The fourth-order valence-corrected chi connectivity index (χ4v) is 0.909. The van der Waals surface area contributed by atoms with E-state index in [4.69, 9.17) is 34.2 Å². The molecule has 0 heterocycles. The van der Waals surface area contributed by atoms with Crippen molar-refractivity contribution < 1.29 is 36.2 Å². The van der Waals surface area contributed by atoms with Crippen molar-refractivity contribution in [3.8, 4) is 0 Å². The lowest BCUT2D eigenvalue weighted by molar-refractivity contribution is -0.166. The molecule has 1 rings (SSSR count). The smallest absolute Gasteiger partial charge is 0.394 e. The van der Waals surface area contributed by atoms with Crippen LogP contribution in [0.25, 0.3) is 0 Å². The molecule has 102 valence electrons. The molecule has 0 fully saturated rings. The summed E-state index contributed by atoms with van der Waals surface area (Å²) in [5.74, 6) is -6.03. The maximum absolute atomic E-state index is 12.8. The quantitative estimate of drug-likeness (QED) is 0.719. The minimum absolute atomic E-state index is 0.282. The van der Waals surface area contributed by atoms with E-state index in [1.807, 2.05) is 0 Å². The second kappa shape index (κ2) is 6.05. The van der Waals surface area contributed by atoms with E-state index in [0.717, 1.165) is 12.1 Å². The molecule has 0 saturated heterocycles. The van der Waals surface area contributed by atoms with Gasteiger partial charge in [-0.05, 0) is 12.1 Å². The molecular formula is C8H7ClF2O6S. The molecule has 10 heteroatoms. The van der Waals surface area contributed by atoms with E-state index in [9.17, 15) is 13.6 Å². The maximum Gasteiger partial charge on any atom is 0.394 e. The molecule has 3 N–H and O–H groups in total. The minimum atomic E-state index is -4.67. The molecule has 6 nitrogen and oxygen atoms in total. The average molecular weight is 305 g/mol. The Labute approximate surface area is 105 Å². The van der Waals surface area contributed by atoms with Crippen LogP contribution >= 0.6 is 11.6 Å². The molecule has 0 bridgehead atoms. The summed E-state index contributed by atoms with van der Waals surface area (Å²) in [7, 11) is -4.67. The summed E-state index contributed by atoms with van der Waals surface area (Å²) in [5, 5.41) is 8.46. The zero-order valence-electron chi connectivity index (χ0n) is 8.42. The van der Waals surface area contributed by atoms with Gasteiger partial charge in [-0.2, -0.15) is 17.2 Å². The van der Waals surface area contributed by atoms with Crippen molar-refractivity contribution in [2.45, 2.75) is 5.92 Å². The van der Waals surface area contributed by atoms with Crippen molar-refractivity contribution in [1.82, 2.24) is 0 Å². The molecule has 0 spiro atoms. The average Bonchev–Trinajstić information content (AvgIpc) is 2.15. The summed E-state index contributed by atoms with van der Waals surface area (Å²) in [4.78, 5) is 10.1. The molecule has 0 aliphatic carbocycles. The monoisotopic (exact) mass is 304 g/mol. The van der Waals surface area contributed by atoms with Crippen LogP contribution in [0.15, 0.2) is 24.3 Å². The van der Waals surface area contributed by atoms with Gasteiger partial charge in [-0.25, -0.2) is 4.79 Å². The van der Waals surface area contributed by atoms with Crippen LogP contribution in [0.5, 0.6) is 0 Å². The first-order valence-corrected chi connectivity index (χ1v) is 5.79. The maximum atomic E-state index is 12.8. The normalized spacial score (nSPS) is 11.4. The van der Waals surface area contributed by atoms with Crippen molar-refractivity contribution in [1.29, 1.82) is 0 Å². The van der Waals surface area contributed by atoms with Crippen molar-refractivity contribution in [2.75, 3.05) is 0 Å². The number of halogens is 3. The van der Waals surface area contributed by atoms with Crippen LogP contribution in [0.3, 0.4) is 0 Å². The van der Waals surface area contributed by atoms with E-state index in [2.05, 4.69) is 0 Å². The molecule has 0 aliphatic heterocycles. The Balaban J connectivity index is 0.000000494. The van der Waals surface area contributed by atoms with Crippen molar-refractivity contribution in [3.05, 3.63) is 34.9 Å². The first kappa shape index (κ1) is 16.7. The van der Waals surface area contributed by atoms with Crippen molar-refractivity contribution in [2.24, 2.45) is 0 Å². The third-order valence-corrected chi connectivity index (χ3v) is 1.73. The van der Waals surface area contributed by atoms with Crippen LogP contribution in [0, 0.1) is 0 Å². The number of hydrogen-bond donors (Lipinski definition) is 3. The highest BCUT2D eigenvalue weighted by molar-refractivity contribution is 7.79. The number of hydrogen-bond acceptors (Lipinski definition) is 3. The van der Waals surface area contributed by atoms with Gasteiger partial charge in [-0.3, -0.25) is 9.11 Å². The highest BCUT2D eigenvalue weighted by Crippen LogP contribution is 2.28. The van der Waals surface area contributed by atoms with E-state index in [0.29, 0.717) is 0 Å². The third kappa shape index (κ3) is 6.45. The number of aliphatic carboxylic acids is 1. The fraction of sp³-hybridized carbons (Fsp3) is 0.125. The zero-order valence-corrected chi connectivity index (χ0v) is 9.99. The second-order valence-electron chi connectivity index (χ2n) is 2.83. The van der Waals surface area contributed by atoms with Crippen LogP contribution in [0.4, 0.5) is 8.78 Å². The Morgan fingerprint density at radius 1 is 1.17 bits per heavy atom. The molecule has 0 atom stereocenters. The van der Waals surface area contributed by atoms with Gasteiger partial charge < -0.3 is 5.11 Å². The predicted octanol–water partition coefficient (Wildman–Crippen LogP) is 1.86. The van der Waals surface area contributed by atoms with Crippen molar-refractivity contribution >= 4 is 28.0 Å². The zero-order chi connectivity index (χ0) is 14.6. The largest absolute Gasteiger partial charge is 0.477 e. The van der Waals surface area contributed by atoms with Crippen LogP contribution in [0.2, 0.25) is 5.02 Å². The van der Waals surface area contributed by atoms with Gasteiger partial charge >= 0.3 is 22.3 Å². The molecule has 0 aliphatic rings. The molecule has 1 aromatic rings. The first-order chi connectivity index (χ1) is 7.94. The SMILES string of the molecule is O=C(O)C(F)(F)c1ccc(Cl)cc1.O=S(=O)(O)O. The molecular weight excluding hydrogens is 298 g/mol. The third-order valence-electron chi connectivity index (χ3n) is 1.48. The number of rotatable bonds is 2. The molecule has 0 radical (unpaired) electrons. The van der Waals surface area contributed by atoms with Gasteiger partial charge in [0.05, 0.1) is 0 Å². The standard InChI is InChI=1S/C8H5ClF2O2.H2O4S/c9-6-3-1-5(2-4-6)8(10,11)7(12)13;1-5(2,3)4/h1-4H,(H,12,13);(H2,1,2,3,4). The lowest BCUT2D eigenvalue weighted by atomic mass is 10.1. The Kier molecular flexibility index (Phi) is 5.61. The van der Waals surface area contributed by atoms with Gasteiger partial charge in [0.1, 0.15) is 0 Å². The van der Waals surface area contributed by atoms with Gasteiger partial charge in [0.15, 0.2) is 0 Å². The number of alkyl halides is 2. The summed E-state index contributed by atoms with van der Waals surface area (Å²) >= 11 is 5.45. The van der Waals surface area contributed by atoms with Crippen LogP contribution in [-0.4, -0.2) is 28.6 Å². The highest BCUT2D eigenvalue weighted by atomic mass is 35.5. The first-order valence-electron chi connectivity index (χ1n) is 4.01. The van der Waals surface area contributed by atoms with E-state index in [1.165, 1.54) is 12.1 Å². The number of carboxylic acids is 1.